The molecular formula is C17H20N2O2. The van der Waals surface area contributed by atoms with E-state index in [4.69, 9.17) is 0 Å². The number of hydrogen-bond donors (Lipinski definition) is 1. The first kappa shape index (κ1) is 13.9. The Morgan fingerprint density at radius 2 is 1.95 bits per heavy atom. The van der Waals surface area contributed by atoms with Crippen molar-refractivity contribution in [3.63, 3.8) is 0 Å². The number of hydrogen-bond acceptors (Lipinski definition) is 2. The molecule has 4 heteroatoms. The first-order valence-corrected chi connectivity index (χ1v) is 7.52. The first-order valence-electron chi connectivity index (χ1n) is 7.52. The maximum absolute atomic E-state index is 12.6. The van der Waals surface area contributed by atoms with E-state index in [-0.39, 0.29) is 18.4 Å². The second-order valence-electron chi connectivity index (χ2n) is 5.78. The van der Waals surface area contributed by atoms with Crippen molar-refractivity contribution in [3.05, 3.63) is 48.0 Å². The summed E-state index contributed by atoms with van der Waals surface area (Å²) in [6.07, 6.45) is 7.53. The first-order chi connectivity index (χ1) is 10.2. The van der Waals surface area contributed by atoms with E-state index < -0.39 is 6.04 Å². The van der Waals surface area contributed by atoms with Crippen LogP contribution in [0.4, 0.5) is 0 Å². The minimum absolute atomic E-state index is 0.00959. The van der Waals surface area contributed by atoms with Crippen LogP contribution < -0.4 is 5.32 Å². The van der Waals surface area contributed by atoms with Gasteiger partial charge in [-0.3, -0.25) is 9.59 Å². The largest absolute Gasteiger partial charge is 0.339 e. The molecule has 21 heavy (non-hydrogen) atoms. The van der Waals surface area contributed by atoms with Gasteiger partial charge in [0.25, 0.3) is 0 Å². The summed E-state index contributed by atoms with van der Waals surface area (Å²) < 4.78 is 0. The zero-order valence-corrected chi connectivity index (χ0v) is 12.0. The number of allylic oxidation sites excluding steroid dienone is 2. The molecule has 1 aromatic carbocycles. The molecule has 0 spiro atoms. The highest BCUT2D eigenvalue weighted by Crippen LogP contribution is 2.23. The van der Waals surface area contributed by atoms with Crippen molar-refractivity contribution in [3.8, 4) is 0 Å². The molecule has 2 unspecified atom stereocenters. The molecule has 1 aromatic rings. The number of benzene rings is 1. The van der Waals surface area contributed by atoms with Crippen LogP contribution in [-0.2, 0) is 9.59 Å². The number of nitrogens with zero attached hydrogens (tertiary/aromatic N) is 1. The minimum Gasteiger partial charge on any atom is -0.339 e. The van der Waals surface area contributed by atoms with Gasteiger partial charge in [-0.15, -0.1) is 0 Å². The average Bonchev–Trinajstić information content (AvgIpc) is 2.52. The lowest BCUT2D eigenvalue weighted by molar-refractivity contribution is -0.145. The van der Waals surface area contributed by atoms with Crippen LogP contribution in [0.15, 0.2) is 42.5 Å². The molecule has 1 aliphatic heterocycles. The van der Waals surface area contributed by atoms with E-state index in [1.165, 1.54) is 0 Å². The van der Waals surface area contributed by atoms with E-state index in [1.54, 1.807) is 4.90 Å². The van der Waals surface area contributed by atoms with Crippen LogP contribution in [0.3, 0.4) is 0 Å². The third-order valence-electron chi connectivity index (χ3n) is 4.19. The summed E-state index contributed by atoms with van der Waals surface area (Å²) in [6, 6.07) is 8.92. The van der Waals surface area contributed by atoms with Crippen LogP contribution in [0.5, 0.6) is 0 Å². The lowest BCUT2D eigenvalue weighted by atomic mass is 9.93. The molecule has 1 fully saturated rings. The highest BCUT2D eigenvalue weighted by molar-refractivity contribution is 5.95. The standard InChI is InChI=1S/C17H20N2O2/c20-15-12-19(11-13-7-3-1-4-8-13)17(21)16(18-15)14-9-5-2-6-10-14/h1-3,5-6,9-10,13,16H,4,7-8,11-12H2,(H,18,20). The average molecular weight is 284 g/mol. The second kappa shape index (κ2) is 6.12. The monoisotopic (exact) mass is 284 g/mol. The van der Waals surface area contributed by atoms with Gasteiger partial charge < -0.3 is 10.2 Å². The maximum Gasteiger partial charge on any atom is 0.250 e. The van der Waals surface area contributed by atoms with E-state index >= 15 is 0 Å². The number of amides is 2. The normalized spacial score (nSPS) is 25.8. The van der Waals surface area contributed by atoms with Crippen molar-refractivity contribution in [2.45, 2.75) is 25.3 Å². The Labute approximate surface area is 124 Å². The quantitative estimate of drug-likeness (QED) is 0.864. The van der Waals surface area contributed by atoms with Gasteiger partial charge in [0, 0.05) is 6.54 Å². The van der Waals surface area contributed by atoms with Gasteiger partial charge in [-0.05, 0) is 30.7 Å². The summed E-state index contributed by atoms with van der Waals surface area (Å²) in [5.74, 6) is 0.409. The van der Waals surface area contributed by atoms with Gasteiger partial charge in [0.1, 0.15) is 6.04 Å². The molecule has 3 rings (SSSR count). The summed E-state index contributed by atoms with van der Waals surface area (Å²) in [5.41, 5.74) is 0.851. The summed E-state index contributed by atoms with van der Waals surface area (Å²) >= 11 is 0. The smallest absolute Gasteiger partial charge is 0.250 e. The molecule has 4 nitrogen and oxygen atoms in total. The molecule has 0 aromatic heterocycles. The molecule has 0 saturated carbocycles. The molecule has 2 atom stereocenters. The lowest BCUT2D eigenvalue weighted by Gasteiger charge is -2.35. The molecular weight excluding hydrogens is 264 g/mol. The van der Waals surface area contributed by atoms with E-state index in [1.807, 2.05) is 30.3 Å². The van der Waals surface area contributed by atoms with Crippen LogP contribution in [-0.4, -0.2) is 29.8 Å². The van der Waals surface area contributed by atoms with Crippen molar-refractivity contribution in [2.24, 2.45) is 5.92 Å². The zero-order chi connectivity index (χ0) is 14.7. The Bertz CT molecular complexity index is 553. The van der Waals surface area contributed by atoms with Crippen molar-refractivity contribution >= 4 is 11.8 Å². The third-order valence-corrected chi connectivity index (χ3v) is 4.19. The van der Waals surface area contributed by atoms with Crippen LogP contribution in [0, 0.1) is 5.92 Å². The number of carbonyl (C=O) groups excluding carboxylic acids is 2. The molecule has 2 aliphatic rings. The van der Waals surface area contributed by atoms with Crippen LogP contribution in [0.2, 0.25) is 0 Å². The highest BCUT2D eigenvalue weighted by atomic mass is 16.2. The molecule has 2 amide bonds. The van der Waals surface area contributed by atoms with E-state index in [0.717, 1.165) is 24.8 Å². The number of piperazine rings is 1. The maximum atomic E-state index is 12.6. The SMILES string of the molecule is O=C1CN(CC2CC=CCC2)C(=O)C(c2ccccc2)N1. The number of carbonyl (C=O) groups is 2. The van der Waals surface area contributed by atoms with Crippen molar-refractivity contribution < 1.29 is 9.59 Å². The highest BCUT2D eigenvalue weighted by Gasteiger charge is 2.34. The fraction of sp³-hybridized carbons (Fsp3) is 0.412. The van der Waals surface area contributed by atoms with Gasteiger partial charge >= 0.3 is 0 Å². The summed E-state index contributed by atoms with van der Waals surface area (Å²) in [6.45, 7) is 0.863. The number of rotatable bonds is 3. The molecule has 1 saturated heterocycles. The fourth-order valence-corrected chi connectivity index (χ4v) is 3.06. The van der Waals surface area contributed by atoms with Gasteiger partial charge in [-0.25, -0.2) is 0 Å². The van der Waals surface area contributed by atoms with Crippen LogP contribution in [0.25, 0.3) is 0 Å². The molecule has 0 bridgehead atoms. The Kier molecular flexibility index (Phi) is 4.04. The summed E-state index contributed by atoms with van der Waals surface area (Å²) in [4.78, 5) is 26.3. The molecule has 1 heterocycles. The van der Waals surface area contributed by atoms with Gasteiger partial charge in [0.2, 0.25) is 11.8 Å². The topological polar surface area (TPSA) is 49.4 Å². The Morgan fingerprint density at radius 3 is 2.67 bits per heavy atom. The predicted octanol–water partition coefficient (Wildman–Crippen LogP) is 2.04. The molecule has 1 aliphatic carbocycles. The van der Waals surface area contributed by atoms with Gasteiger partial charge in [-0.1, -0.05) is 42.5 Å². The zero-order valence-electron chi connectivity index (χ0n) is 12.0. The number of nitrogens with one attached hydrogen (secondary N) is 1. The lowest BCUT2D eigenvalue weighted by Crippen LogP contribution is -2.54. The summed E-state index contributed by atoms with van der Waals surface area (Å²) in [5, 5.41) is 2.81. The summed E-state index contributed by atoms with van der Waals surface area (Å²) in [7, 11) is 0. The molecule has 110 valence electrons. The van der Waals surface area contributed by atoms with E-state index in [9.17, 15) is 9.59 Å². The fourth-order valence-electron chi connectivity index (χ4n) is 3.06. The van der Waals surface area contributed by atoms with Crippen molar-refractivity contribution in [1.29, 1.82) is 0 Å². The van der Waals surface area contributed by atoms with E-state index in [0.29, 0.717) is 12.5 Å². The van der Waals surface area contributed by atoms with Crippen molar-refractivity contribution in [2.75, 3.05) is 13.1 Å². The Hall–Kier alpha value is -2.10. The Morgan fingerprint density at radius 1 is 1.14 bits per heavy atom. The van der Waals surface area contributed by atoms with Gasteiger partial charge in [-0.2, -0.15) is 0 Å². The minimum atomic E-state index is -0.536. The van der Waals surface area contributed by atoms with Crippen molar-refractivity contribution in [1.82, 2.24) is 10.2 Å². The molecule has 1 N–H and O–H groups in total. The molecule has 0 radical (unpaired) electrons. The predicted molar refractivity (Wildman–Crippen MR) is 80.4 cm³/mol. The second-order valence-corrected chi connectivity index (χ2v) is 5.78. The Balaban J connectivity index is 1.74. The van der Waals surface area contributed by atoms with Gasteiger partial charge in [0.05, 0.1) is 6.54 Å². The van der Waals surface area contributed by atoms with Gasteiger partial charge in [0.15, 0.2) is 0 Å². The third kappa shape index (κ3) is 3.15. The van der Waals surface area contributed by atoms with E-state index in [2.05, 4.69) is 17.5 Å². The van der Waals surface area contributed by atoms with Crippen LogP contribution >= 0.6 is 0 Å². The van der Waals surface area contributed by atoms with Crippen LogP contribution in [0.1, 0.15) is 30.9 Å².